The van der Waals surface area contributed by atoms with Gasteiger partial charge in [-0.25, -0.2) is 0 Å². The second-order valence-corrected chi connectivity index (χ2v) is 6.32. The fraction of sp³-hybridized carbons (Fsp3) is 0.333. The van der Waals surface area contributed by atoms with Crippen molar-refractivity contribution in [3.05, 3.63) is 42.6 Å². The van der Waals surface area contributed by atoms with E-state index in [0.717, 1.165) is 0 Å². The zero-order valence-corrected chi connectivity index (χ0v) is 9.52. The van der Waals surface area contributed by atoms with E-state index in [-0.39, 0.29) is 0 Å². The van der Waals surface area contributed by atoms with Gasteiger partial charge in [-0.1, -0.05) is 61.3 Å². The maximum Gasteiger partial charge on any atom is 0.0934 e. The number of hydrogen-bond donors (Lipinski definition) is 0. The molecule has 1 heteroatoms. The maximum atomic E-state index is 3.95. The molecule has 0 N–H and O–H groups in total. The molecule has 0 aliphatic heterocycles. The molecule has 0 aromatic heterocycles. The Kier molecular flexibility index (Phi) is 4.55. The minimum atomic E-state index is -0.825. The van der Waals surface area contributed by atoms with Gasteiger partial charge < -0.3 is 0 Å². The first kappa shape index (κ1) is 10.3. The summed E-state index contributed by atoms with van der Waals surface area (Å²) in [6, 6.07) is 12.2. The highest BCUT2D eigenvalue weighted by atomic mass is 28.3. The van der Waals surface area contributed by atoms with Gasteiger partial charge in [0.15, 0.2) is 0 Å². The summed E-state index contributed by atoms with van der Waals surface area (Å²) in [6.07, 6.45) is 2.64. The fourth-order valence-corrected chi connectivity index (χ4v) is 3.95. The predicted octanol–water partition coefficient (Wildman–Crippen LogP) is 2.65. The molecule has 0 nitrogen and oxygen atoms in total. The SMILES string of the molecule is C=C[SiH](CCCC)c1ccccc1. The van der Waals surface area contributed by atoms with E-state index < -0.39 is 8.80 Å². The van der Waals surface area contributed by atoms with Crippen LogP contribution in [0.2, 0.25) is 6.04 Å². The molecule has 0 amide bonds. The first-order chi connectivity index (χ1) is 6.38. The van der Waals surface area contributed by atoms with Crippen molar-refractivity contribution >= 4 is 14.0 Å². The molecule has 0 saturated carbocycles. The molecule has 0 radical (unpaired) electrons. The van der Waals surface area contributed by atoms with Crippen molar-refractivity contribution in [1.82, 2.24) is 0 Å². The van der Waals surface area contributed by atoms with Crippen LogP contribution in [0.4, 0.5) is 0 Å². The minimum absolute atomic E-state index is 0.825. The van der Waals surface area contributed by atoms with E-state index in [2.05, 4.69) is 49.5 Å². The highest BCUT2D eigenvalue weighted by molar-refractivity contribution is 6.77. The second-order valence-electron chi connectivity index (χ2n) is 3.40. The fourth-order valence-electron chi connectivity index (χ4n) is 1.54. The number of benzene rings is 1. The van der Waals surface area contributed by atoms with Crippen LogP contribution in [0.1, 0.15) is 19.8 Å². The zero-order chi connectivity index (χ0) is 9.52. The summed E-state index contributed by atoms with van der Waals surface area (Å²) in [5, 5.41) is 1.53. The summed E-state index contributed by atoms with van der Waals surface area (Å²) < 4.78 is 0. The molecule has 1 rings (SSSR count). The summed E-state index contributed by atoms with van der Waals surface area (Å²) in [7, 11) is -0.825. The lowest BCUT2D eigenvalue weighted by atomic mass is 10.4. The Balaban J connectivity index is 2.61. The molecule has 0 aliphatic carbocycles. The second kappa shape index (κ2) is 5.76. The van der Waals surface area contributed by atoms with Crippen molar-refractivity contribution in [3.63, 3.8) is 0 Å². The average Bonchev–Trinajstić information content (AvgIpc) is 2.21. The lowest BCUT2D eigenvalue weighted by Crippen LogP contribution is -2.27. The minimum Gasteiger partial charge on any atom is -0.107 e. The van der Waals surface area contributed by atoms with Gasteiger partial charge in [0.25, 0.3) is 0 Å². The van der Waals surface area contributed by atoms with Crippen LogP contribution in [0.3, 0.4) is 0 Å². The Morgan fingerprint density at radius 2 is 2.00 bits per heavy atom. The number of unbranched alkanes of at least 4 members (excludes halogenated alkanes) is 1. The summed E-state index contributed by atoms with van der Waals surface area (Å²) in [6.45, 7) is 6.20. The van der Waals surface area contributed by atoms with Crippen LogP contribution < -0.4 is 5.19 Å². The predicted molar refractivity (Wildman–Crippen MR) is 63.1 cm³/mol. The van der Waals surface area contributed by atoms with Crippen LogP contribution in [0.15, 0.2) is 42.6 Å². The molecular formula is C12H18Si. The lowest BCUT2D eigenvalue weighted by Gasteiger charge is -2.09. The topological polar surface area (TPSA) is 0 Å². The van der Waals surface area contributed by atoms with Gasteiger partial charge in [0.2, 0.25) is 0 Å². The molecule has 70 valence electrons. The van der Waals surface area contributed by atoms with Crippen molar-refractivity contribution in [1.29, 1.82) is 0 Å². The van der Waals surface area contributed by atoms with E-state index in [4.69, 9.17) is 0 Å². The average molecular weight is 190 g/mol. The summed E-state index contributed by atoms with van der Waals surface area (Å²) in [5.74, 6) is 0. The molecule has 0 aliphatic rings. The lowest BCUT2D eigenvalue weighted by molar-refractivity contribution is 0.878. The van der Waals surface area contributed by atoms with Crippen LogP contribution in [0.5, 0.6) is 0 Å². The maximum absolute atomic E-state index is 3.95. The van der Waals surface area contributed by atoms with Crippen molar-refractivity contribution in [2.24, 2.45) is 0 Å². The largest absolute Gasteiger partial charge is 0.107 e. The van der Waals surface area contributed by atoms with Crippen molar-refractivity contribution < 1.29 is 0 Å². The Morgan fingerprint density at radius 1 is 1.31 bits per heavy atom. The van der Waals surface area contributed by atoms with Gasteiger partial charge in [0, 0.05) is 0 Å². The van der Waals surface area contributed by atoms with Crippen molar-refractivity contribution in [2.45, 2.75) is 25.8 Å². The molecule has 1 unspecified atom stereocenters. The highest BCUT2D eigenvalue weighted by Gasteiger charge is 2.07. The Morgan fingerprint density at radius 3 is 2.54 bits per heavy atom. The highest BCUT2D eigenvalue weighted by Crippen LogP contribution is 2.02. The third-order valence-corrected chi connectivity index (χ3v) is 5.22. The monoisotopic (exact) mass is 190 g/mol. The van der Waals surface area contributed by atoms with E-state index in [1.165, 1.54) is 24.1 Å². The molecule has 0 saturated heterocycles. The molecular weight excluding hydrogens is 172 g/mol. The number of hydrogen-bond acceptors (Lipinski definition) is 0. The quantitative estimate of drug-likeness (QED) is 0.626. The van der Waals surface area contributed by atoms with E-state index in [0.29, 0.717) is 0 Å². The first-order valence-electron chi connectivity index (χ1n) is 5.06. The Bertz CT molecular complexity index is 241. The van der Waals surface area contributed by atoms with E-state index >= 15 is 0 Å². The molecule has 0 fully saturated rings. The van der Waals surface area contributed by atoms with Gasteiger partial charge in [0.1, 0.15) is 0 Å². The van der Waals surface area contributed by atoms with Crippen LogP contribution >= 0.6 is 0 Å². The van der Waals surface area contributed by atoms with Gasteiger partial charge in [-0.3, -0.25) is 0 Å². The Labute approximate surface area is 82.9 Å². The van der Waals surface area contributed by atoms with Gasteiger partial charge in [-0.15, -0.1) is 12.3 Å². The molecule has 1 aromatic carbocycles. The Hall–Kier alpha value is -0.823. The van der Waals surface area contributed by atoms with Crippen LogP contribution in [0, 0.1) is 0 Å². The first-order valence-corrected chi connectivity index (χ1v) is 7.12. The van der Waals surface area contributed by atoms with Crippen LogP contribution in [0.25, 0.3) is 0 Å². The summed E-state index contributed by atoms with van der Waals surface area (Å²) in [4.78, 5) is 0. The van der Waals surface area contributed by atoms with Gasteiger partial charge in [0.05, 0.1) is 8.80 Å². The molecule has 0 bridgehead atoms. The number of rotatable bonds is 5. The standard InChI is InChI=1S/C12H18Si/c1-3-5-11-13(4-2)12-9-7-6-8-10-12/h4,6-10,13H,2-3,5,11H2,1H3. The zero-order valence-electron chi connectivity index (χ0n) is 8.37. The summed E-state index contributed by atoms with van der Waals surface area (Å²) in [5.41, 5.74) is 2.20. The van der Waals surface area contributed by atoms with Crippen molar-refractivity contribution in [2.75, 3.05) is 0 Å². The van der Waals surface area contributed by atoms with Crippen LogP contribution in [-0.2, 0) is 0 Å². The molecule has 0 spiro atoms. The normalized spacial score (nSPS) is 12.4. The third kappa shape index (κ3) is 3.19. The molecule has 1 atom stereocenters. The van der Waals surface area contributed by atoms with Gasteiger partial charge >= 0.3 is 0 Å². The molecule has 13 heavy (non-hydrogen) atoms. The van der Waals surface area contributed by atoms with Gasteiger partial charge in [-0.2, -0.15) is 0 Å². The summed E-state index contributed by atoms with van der Waals surface area (Å²) >= 11 is 0. The van der Waals surface area contributed by atoms with Crippen LogP contribution in [-0.4, -0.2) is 8.80 Å². The van der Waals surface area contributed by atoms with Crippen molar-refractivity contribution in [3.8, 4) is 0 Å². The smallest absolute Gasteiger partial charge is 0.0934 e. The van der Waals surface area contributed by atoms with E-state index in [9.17, 15) is 0 Å². The van der Waals surface area contributed by atoms with E-state index in [1.54, 1.807) is 0 Å². The molecule has 0 heterocycles. The van der Waals surface area contributed by atoms with Gasteiger partial charge in [-0.05, 0) is 0 Å². The molecule has 1 aromatic rings. The third-order valence-electron chi connectivity index (χ3n) is 2.38. The van der Waals surface area contributed by atoms with E-state index in [1.807, 2.05) is 0 Å².